The second kappa shape index (κ2) is 8.06. The number of alkyl halides is 1. The zero-order valence-corrected chi connectivity index (χ0v) is 17.7. The van der Waals surface area contributed by atoms with E-state index >= 15 is 0 Å². The van der Waals surface area contributed by atoms with Gasteiger partial charge >= 0.3 is 5.97 Å². The van der Waals surface area contributed by atoms with Crippen LogP contribution < -0.4 is 5.32 Å². The maximum atomic E-state index is 12.1. The third-order valence-electron chi connectivity index (χ3n) is 5.62. The van der Waals surface area contributed by atoms with Crippen molar-refractivity contribution in [2.45, 2.75) is 55.1 Å². The lowest BCUT2D eigenvalue weighted by Crippen LogP contribution is -2.38. The SMILES string of the molecule is CCC[C@](C)(I)CC1NCC(C2=CC(OC)=C3OCOC3C2)[C@H]1C(=O)O. The van der Waals surface area contributed by atoms with Crippen LogP contribution in [0.5, 0.6) is 0 Å². The Kier molecular flexibility index (Phi) is 6.18. The van der Waals surface area contributed by atoms with Crippen LogP contribution in [0.25, 0.3) is 0 Å². The third-order valence-corrected chi connectivity index (χ3v) is 6.60. The number of ether oxygens (including phenoxy) is 3. The van der Waals surface area contributed by atoms with Gasteiger partial charge in [-0.1, -0.05) is 48.4 Å². The van der Waals surface area contributed by atoms with Gasteiger partial charge in [0.1, 0.15) is 6.10 Å². The molecule has 2 heterocycles. The molecule has 26 heavy (non-hydrogen) atoms. The van der Waals surface area contributed by atoms with E-state index in [4.69, 9.17) is 14.2 Å². The number of nitrogens with one attached hydrogen (secondary N) is 1. The molecule has 0 aromatic carbocycles. The summed E-state index contributed by atoms with van der Waals surface area (Å²) < 4.78 is 16.7. The molecule has 0 spiro atoms. The van der Waals surface area contributed by atoms with Crippen molar-refractivity contribution in [1.29, 1.82) is 0 Å². The minimum atomic E-state index is -0.730. The number of methoxy groups -OCH3 is 1. The molecule has 0 radical (unpaired) electrons. The van der Waals surface area contributed by atoms with Gasteiger partial charge in [-0.2, -0.15) is 0 Å². The fourth-order valence-corrected chi connectivity index (χ4v) is 5.47. The predicted octanol–water partition coefficient (Wildman–Crippen LogP) is 3.22. The van der Waals surface area contributed by atoms with Crippen molar-refractivity contribution in [2.24, 2.45) is 11.8 Å². The number of hydrogen-bond donors (Lipinski definition) is 2. The Hall–Kier alpha value is -0.800. The van der Waals surface area contributed by atoms with Crippen molar-refractivity contribution in [2.75, 3.05) is 20.4 Å². The molecule has 7 heteroatoms. The van der Waals surface area contributed by atoms with Gasteiger partial charge in [0.15, 0.2) is 18.3 Å². The molecule has 0 amide bonds. The summed E-state index contributed by atoms with van der Waals surface area (Å²) in [5.74, 6) is 0.169. The summed E-state index contributed by atoms with van der Waals surface area (Å²) in [5, 5.41) is 13.4. The van der Waals surface area contributed by atoms with Crippen LogP contribution in [0, 0.1) is 11.8 Å². The van der Waals surface area contributed by atoms with Crippen LogP contribution in [-0.4, -0.2) is 47.1 Å². The highest BCUT2D eigenvalue weighted by Crippen LogP contribution is 2.42. The maximum absolute atomic E-state index is 12.1. The van der Waals surface area contributed by atoms with E-state index < -0.39 is 11.9 Å². The van der Waals surface area contributed by atoms with Crippen molar-refractivity contribution in [1.82, 2.24) is 5.32 Å². The monoisotopic (exact) mass is 477 g/mol. The van der Waals surface area contributed by atoms with Gasteiger partial charge < -0.3 is 24.6 Å². The number of carboxylic acids is 1. The minimum absolute atomic E-state index is 0.0241. The Bertz CT molecular complexity index is 615. The molecule has 3 rings (SSSR count). The van der Waals surface area contributed by atoms with Gasteiger partial charge in [0.25, 0.3) is 0 Å². The number of rotatable bonds is 7. The van der Waals surface area contributed by atoms with E-state index in [9.17, 15) is 9.90 Å². The van der Waals surface area contributed by atoms with Gasteiger partial charge in [-0.05, 0) is 18.9 Å². The van der Waals surface area contributed by atoms with Crippen LogP contribution in [0.2, 0.25) is 0 Å². The molecular formula is C19H28INO5. The second-order valence-corrected chi connectivity index (χ2v) is 10.2. The smallest absolute Gasteiger partial charge is 0.308 e. The van der Waals surface area contributed by atoms with E-state index in [1.54, 1.807) is 7.11 Å². The first-order chi connectivity index (χ1) is 12.4. The van der Waals surface area contributed by atoms with E-state index in [0.717, 1.165) is 30.6 Å². The number of halogens is 1. The Morgan fingerprint density at radius 2 is 2.31 bits per heavy atom. The van der Waals surface area contributed by atoms with Crippen LogP contribution in [0.3, 0.4) is 0 Å². The molecule has 0 aromatic heterocycles. The molecule has 2 saturated heterocycles. The number of aliphatic carboxylic acids is 1. The fourth-order valence-electron chi connectivity index (χ4n) is 4.46. The second-order valence-electron chi connectivity index (χ2n) is 7.63. The van der Waals surface area contributed by atoms with Gasteiger partial charge in [-0.15, -0.1) is 0 Å². The van der Waals surface area contributed by atoms with Gasteiger partial charge in [-0.25, -0.2) is 0 Å². The topological polar surface area (TPSA) is 77.0 Å². The lowest BCUT2D eigenvalue weighted by Gasteiger charge is -2.30. The zero-order valence-electron chi connectivity index (χ0n) is 15.6. The average Bonchev–Trinajstić information content (AvgIpc) is 3.19. The van der Waals surface area contributed by atoms with E-state index in [1.807, 2.05) is 6.08 Å². The number of carboxylic acid groups (broad SMARTS) is 1. The summed E-state index contributed by atoms with van der Waals surface area (Å²) in [4.78, 5) is 12.1. The lowest BCUT2D eigenvalue weighted by molar-refractivity contribution is -0.143. The third kappa shape index (κ3) is 4.04. The Morgan fingerprint density at radius 3 is 2.96 bits per heavy atom. The van der Waals surface area contributed by atoms with Gasteiger partial charge in [0, 0.05) is 28.3 Å². The van der Waals surface area contributed by atoms with Crippen molar-refractivity contribution >= 4 is 28.6 Å². The number of fused-ring (bicyclic) bond motifs is 1. The van der Waals surface area contributed by atoms with Gasteiger partial charge in [-0.3, -0.25) is 4.79 Å². The molecule has 0 aromatic rings. The van der Waals surface area contributed by atoms with Crippen molar-refractivity contribution in [3.63, 3.8) is 0 Å². The molecule has 3 unspecified atom stereocenters. The molecule has 2 fully saturated rings. The normalized spacial score (nSPS) is 33.3. The molecular weight excluding hydrogens is 449 g/mol. The van der Waals surface area contributed by atoms with E-state index in [0.29, 0.717) is 18.7 Å². The number of allylic oxidation sites excluding steroid dienone is 1. The van der Waals surface area contributed by atoms with Crippen LogP contribution in [0.1, 0.15) is 39.5 Å². The summed E-state index contributed by atoms with van der Waals surface area (Å²) >= 11 is 2.48. The first kappa shape index (κ1) is 19.9. The van der Waals surface area contributed by atoms with Crippen molar-refractivity contribution < 1.29 is 24.1 Å². The molecule has 5 atom stereocenters. The van der Waals surface area contributed by atoms with Gasteiger partial charge in [0.2, 0.25) is 0 Å². The van der Waals surface area contributed by atoms with Crippen LogP contribution in [-0.2, 0) is 19.0 Å². The highest BCUT2D eigenvalue weighted by Gasteiger charge is 2.46. The quantitative estimate of drug-likeness (QED) is 0.433. The molecule has 0 bridgehead atoms. The molecule has 0 saturated carbocycles. The minimum Gasteiger partial charge on any atom is -0.493 e. The van der Waals surface area contributed by atoms with Gasteiger partial charge in [0.05, 0.1) is 13.0 Å². The number of hydrogen-bond acceptors (Lipinski definition) is 5. The standard InChI is InChI=1S/C19H28INO5/c1-4-5-19(2,20)8-13-16(18(22)23)12(9-21-13)11-6-14(24-3)17-15(7-11)25-10-26-17/h6,12-13,15-16,21H,4-5,7-10H2,1-3H3,(H,22,23)/t12?,13?,15?,16-,19+/m1/s1. The summed E-state index contributed by atoms with van der Waals surface area (Å²) in [7, 11) is 1.61. The molecule has 3 aliphatic rings. The van der Waals surface area contributed by atoms with E-state index in [-0.39, 0.29) is 28.3 Å². The summed E-state index contributed by atoms with van der Waals surface area (Å²) in [6, 6.07) is -0.0241. The largest absolute Gasteiger partial charge is 0.493 e. The maximum Gasteiger partial charge on any atom is 0.308 e. The van der Waals surface area contributed by atoms with Crippen molar-refractivity contribution in [3.8, 4) is 0 Å². The molecule has 2 aliphatic heterocycles. The summed E-state index contributed by atoms with van der Waals surface area (Å²) in [6.45, 7) is 5.29. The average molecular weight is 477 g/mol. The summed E-state index contributed by atoms with van der Waals surface area (Å²) in [5.41, 5.74) is 1.08. The first-order valence-corrected chi connectivity index (χ1v) is 10.3. The first-order valence-electron chi connectivity index (χ1n) is 9.24. The van der Waals surface area contributed by atoms with Crippen LogP contribution in [0.4, 0.5) is 0 Å². The van der Waals surface area contributed by atoms with E-state index in [2.05, 4.69) is 41.8 Å². The number of carbonyl (C=O) groups is 1. The Labute approximate surface area is 168 Å². The molecule has 2 N–H and O–H groups in total. The van der Waals surface area contributed by atoms with E-state index in [1.165, 1.54) is 0 Å². The Morgan fingerprint density at radius 1 is 1.54 bits per heavy atom. The summed E-state index contributed by atoms with van der Waals surface area (Å²) in [6.07, 6.45) is 5.50. The zero-order chi connectivity index (χ0) is 18.9. The fraction of sp³-hybridized carbons (Fsp3) is 0.737. The molecule has 6 nitrogen and oxygen atoms in total. The Balaban J connectivity index is 1.81. The molecule has 1 aliphatic carbocycles. The highest BCUT2D eigenvalue weighted by atomic mass is 127. The lowest BCUT2D eigenvalue weighted by atomic mass is 9.78. The van der Waals surface area contributed by atoms with Crippen molar-refractivity contribution in [3.05, 3.63) is 23.2 Å². The molecule has 146 valence electrons. The van der Waals surface area contributed by atoms with Crippen LogP contribution >= 0.6 is 22.6 Å². The predicted molar refractivity (Wildman–Crippen MR) is 106 cm³/mol. The van der Waals surface area contributed by atoms with Crippen LogP contribution in [0.15, 0.2) is 23.2 Å². The highest BCUT2D eigenvalue weighted by molar-refractivity contribution is 14.1.